The summed E-state index contributed by atoms with van der Waals surface area (Å²) in [5.74, 6) is -0.187. The Hall–Kier alpha value is -10.9. The van der Waals surface area contributed by atoms with E-state index in [9.17, 15) is 14.4 Å². The van der Waals surface area contributed by atoms with E-state index in [0.717, 1.165) is 102 Å². The second-order valence-electron chi connectivity index (χ2n) is 29.7. The van der Waals surface area contributed by atoms with Crippen LogP contribution in [0.2, 0.25) is 0 Å². The summed E-state index contributed by atoms with van der Waals surface area (Å²) < 4.78 is 0. The molecule has 0 atom stereocenters. The van der Waals surface area contributed by atoms with E-state index in [2.05, 4.69) is 217 Å². The summed E-state index contributed by atoms with van der Waals surface area (Å²) >= 11 is 0. The Bertz CT molecular complexity index is 4590. The van der Waals surface area contributed by atoms with Gasteiger partial charge in [-0.1, -0.05) is 190 Å². The van der Waals surface area contributed by atoms with Crippen LogP contribution in [0, 0.1) is 18.2 Å². The predicted octanol–water partition coefficient (Wildman–Crippen LogP) is 25.6. The summed E-state index contributed by atoms with van der Waals surface area (Å²) in [5, 5.41) is 25.1. The van der Waals surface area contributed by atoms with Crippen LogP contribution in [0.5, 0.6) is 0 Å². The van der Waals surface area contributed by atoms with E-state index in [1.54, 1.807) is 0 Å². The van der Waals surface area contributed by atoms with Crippen molar-refractivity contribution >= 4 is 17.3 Å². The van der Waals surface area contributed by atoms with Gasteiger partial charge in [0.1, 0.15) is 0 Å². The third kappa shape index (κ3) is 38.6. The van der Waals surface area contributed by atoms with Gasteiger partial charge in [0.25, 0.3) is 0 Å². The first-order valence-corrected chi connectivity index (χ1v) is 41.5. The van der Waals surface area contributed by atoms with Crippen molar-refractivity contribution in [1.29, 1.82) is 0 Å². The fraction of sp³-hybridized carbons (Fsp3) is 0.286. The van der Waals surface area contributed by atoms with Crippen LogP contribution in [0.3, 0.4) is 0 Å². The minimum Gasteiger partial charge on any atom is -0.512 e. The van der Waals surface area contributed by atoms with Crippen LogP contribution in [-0.4, -0.2) is 62.6 Å². The fourth-order valence-corrected chi connectivity index (χ4v) is 13.6. The standard InChI is InChI=1S/C45H47N3.C45H44N3.3C5H8O2.2Ir/c2*1(8-18-36-28-30-43(46-33-36)38-20-12-5-13-21-38)3-10-26-41-32-45(40-24-16-7-17-25-40)48-35-42(41)27-11-4-2-9-19-37-29-31-44(47-34-37)39-22-14-6-15-23-39;3*1-4(6)3-5(2)7;;/h5-7,12-17,20-25,28-35H,1-4,8-11,18-19,26-27H2;5-7,12-17,20,22,24,28-35H,1-4,8-11,18-19,26-27H2;3*3,6H,1-2H3;;/q;-3;;;;;+3. The molecule has 0 saturated heterocycles. The molecular weight excluding hydrogens is 1830 g/mol. The molecule has 3 N–H and O–H groups in total. The molecule has 14 heteroatoms. The van der Waals surface area contributed by atoms with E-state index in [-0.39, 0.29) is 74.8 Å². The Morgan fingerprint density at radius 2 is 0.513 bits per heavy atom. The zero-order chi connectivity index (χ0) is 82.9. The zero-order valence-electron chi connectivity index (χ0n) is 69.9. The SMILES string of the molecule is CC(=O)C=C(C)O.CC(=O)C=C(C)O.CC(=O)C=C(C)O.[Ir+3].[Ir].[c-]1ccccc1-c1ccc(CCCCCCc2cnc(-c3[c-]cccc3)cc2CCCCCCc2ccc(-c3[c-]cccc3)nc2)cn1.c1ccc(-c2ccc(CCCCCCc3cnc(-c4ccccc4)cc3CCCCCCc3ccc(-c4ccccc4)nc3)cn2)cc1. The van der Waals surface area contributed by atoms with Gasteiger partial charge in [-0.05, 0) is 219 Å². The van der Waals surface area contributed by atoms with Gasteiger partial charge in [0.05, 0.1) is 34.4 Å². The second-order valence-corrected chi connectivity index (χ2v) is 29.7. The van der Waals surface area contributed by atoms with Crippen molar-refractivity contribution in [3.8, 4) is 67.5 Å². The van der Waals surface area contributed by atoms with Gasteiger partial charge < -0.3 is 30.3 Å². The molecule has 0 amide bonds. The smallest absolute Gasteiger partial charge is 0.512 e. The monoisotopic (exact) mass is 1940 g/mol. The maximum atomic E-state index is 10.0. The Balaban J connectivity index is 0.000000293. The molecule has 6 heterocycles. The van der Waals surface area contributed by atoms with Crippen LogP contribution in [0.25, 0.3) is 67.5 Å². The van der Waals surface area contributed by atoms with E-state index in [1.165, 1.54) is 224 Å². The number of allylic oxidation sites excluding steroid dienone is 6. The van der Waals surface area contributed by atoms with Crippen LogP contribution in [0.15, 0.2) is 297 Å². The van der Waals surface area contributed by atoms with Gasteiger partial charge in [-0.2, -0.15) is 0 Å². The second kappa shape index (κ2) is 56.5. The summed E-state index contributed by atoms with van der Waals surface area (Å²) in [6, 6.07) is 87.6. The molecule has 0 unspecified atom stereocenters. The molecule has 0 spiro atoms. The number of carbonyl (C=O) groups is 3. The number of carbonyl (C=O) groups excluding carboxylic acids is 3. The number of rotatable bonds is 37. The number of hydrogen-bond acceptors (Lipinski definition) is 12. The number of nitrogens with zero attached hydrogens (tertiary/aromatic N) is 6. The summed E-state index contributed by atoms with van der Waals surface area (Å²) in [5.41, 5.74) is 24.0. The van der Waals surface area contributed by atoms with Crippen LogP contribution in [0.1, 0.15) is 189 Å². The van der Waals surface area contributed by atoms with Crippen LogP contribution in [-0.2, 0) is 106 Å². The molecule has 119 heavy (non-hydrogen) atoms. The topological polar surface area (TPSA) is 189 Å². The van der Waals surface area contributed by atoms with E-state index < -0.39 is 0 Å². The number of aliphatic hydroxyl groups excluding tert-OH is 3. The molecule has 0 fully saturated rings. The van der Waals surface area contributed by atoms with Crippen LogP contribution >= 0.6 is 0 Å². The van der Waals surface area contributed by atoms with Crippen molar-refractivity contribution in [2.45, 2.75) is 196 Å². The van der Waals surface area contributed by atoms with Crippen LogP contribution in [0.4, 0.5) is 0 Å². The molecule has 0 aliphatic carbocycles. The van der Waals surface area contributed by atoms with E-state index >= 15 is 0 Å². The zero-order valence-corrected chi connectivity index (χ0v) is 74.7. The van der Waals surface area contributed by atoms with Gasteiger partial charge in [-0.15, -0.1) is 108 Å². The van der Waals surface area contributed by atoms with Gasteiger partial charge >= 0.3 is 20.1 Å². The fourth-order valence-electron chi connectivity index (χ4n) is 13.6. The molecule has 0 saturated carbocycles. The largest absolute Gasteiger partial charge is 3.00 e. The van der Waals surface area contributed by atoms with Crippen molar-refractivity contribution in [3.63, 3.8) is 0 Å². The molecule has 6 aromatic heterocycles. The first kappa shape index (κ1) is 97.0. The van der Waals surface area contributed by atoms with Crippen molar-refractivity contribution < 1.29 is 69.9 Å². The molecule has 12 rings (SSSR count). The Labute approximate surface area is 734 Å². The summed E-state index contributed by atoms with van der Waals surface area (Å²) in [7, 11) is 0. The van der Waals surface area contributed by atoms with E-state index in [4.69, 9.17) is 35.3 Å². The molecule has 619 valence electrons. The first-order chi connectivity index (χ1) is 57.0. The average Bonchev–Trinajstić information content (AvgIpc) is 0.838. The quantitative estimate of drug-likeness (QED) is 0.0145. The number of aromatic nitrogens is 6. The molecule has 12 aromatic rings. The molecular formula is C105H115Ir2N6O6. The number of ketones is 3. The predicted molar refractivity (Wildman–Crippen MR) is 479 cm³/mol. The molecule has 0 aliphatic heterocycles. The summed E-state index contributed by atoms with van der Waals surface area (Å²) in [6.07, 6.45) is 44.3. The average molecular weight is 1940 g/mol. The third-order valence-corrected chi connectivity index (χ3v) is 19.5. The van der Waals surface area contributed by atoms with Crippen molar-refractivity contribution in [2.24, 2.45) is 0 Å². The van der Waals surface area contributed by atoms with Crippen molar-refractivity contribution in [3.05, 3.63) is 360 Å². The summed E-state index contributed by atoms with van der Waals surface area (Å²) in [4.78, 5) is 58.6. The minimum absolute atomic E-state index is 0. The molecule has 6 aromatic carbocycles. The van der Waals surface area contributed by atoms with Gasteiger partial charge in [0.2, 0.25) is 0 Å². The van der Waals surface area contributed by atoms with E-state index in [1.807, 2.05) is 73.1 Å². The van der Waals surface area contributed by atoms with Gasteiger partial charge in [0, 0.05) is 92.2 Å². The maximum Gasteiger partial charge on any atom is 3.00 e. The molecule has 0 aliphatic rings. The number of aliphatic hydroxyl groups is 3. The van der Waals surface area contributed by atoms with Crippen molar-refractivity contribution in [1.82, 2.24) is 29.9 Å². The molecule has 0 bridgehead atoms. The Morgan fingerprint density at radius 3 is 0.773 bits per heavy atom. The Kier molecular flexibility index (Phi) is 46.1. The van der Waals surface area contributed by atoms with E-state index in [0.29, 0.717) is 0 Å². The molecule has 1 radical (unpaired) electrons. The minimum atomic E-state index is -0.125. The summed E-state index contributed by atoms with van der Waals surface area (Å²) in [6.45, 7) is 8.54. The normalized spacial score (nSPS) is 11.0. The maximum absolute atomic E-state index is 10.0. The van der Waals surface area contributed by atoms with Gasteiger partial charge in [-0.25, -0.2) is 0 Å². The van der Waals surface area contributed by atoms with Crippen molar-refractivity contribution in [2.75, 3.05) is 0 Å². The third-order valence-electron chi connectivity index (χ3n) is 19.5. The number of pyridine rings is 6. The van der Waals surface area contributed by atoms with Gasteiger partial charge in [-0.3, -0.25) is 29.3 Å². The van der Waals surface area contributed by atoms with Gasteiger partial charge in [0.15, 0.2) is 17.3 Å². The number of aryl methyl sites for hydroxylation is 8. The number of hydrogen-bond donors (Lipinski definition) is 3. The number of unbranched alkanes of at least 4 members (excludes halogenated alkanes) is 12. The Morgan fingerprint density at radius 1 is 0.269 bits per heavy atom. The molecule has 12 nitrogen and oxygen atoms in total. The number of benzene rings is 6. The first-order valence-electron chi connectivity index (χ1n) is 41.5. The van der Waals surface area contributed by atoms with Crippen LogP contribution < -0.4 is 0 Å².